The molecule has 4 nitrogen and oxygen atoms in total. The number of nitrogens with zero attached hydrogens (tertiary/aromatic N) is 1. The Hall–Kier alpha value is 0.0500. The number of benzene rings is 1. The quantitative estimate of drug-likeness (QED) is 0.763. The topological polar surface area (TPSA) is 46.6 Å². The lowest BCUT2D eigenvalue weighted by molar-refractivity contribution is 0.104. The molecule has 0 fully saturated rings. The molecule has 102 valence electrons. The molecular formula is C11H15Br2NO3S. The number of likely N-dealkylation sites (N-methyl/N-ethyl adjacent to an activating group) is 1. The highest BCUT2D eigenvalue weighted by Gasteiger charge is 2.24. The molecule has 1 atom stereocenters. The van der Waals surface area contributed by atoms with Gasteiger partial charge in [-0.2, -0.15) is 4.31 Å². The third-order valence-corrected chi connectivity index (χ3v) is 5.79. The Kier molecular flexibility index (Phi) is 5.79. The summed E-state index contributed by atoms with van der Waals surface area (Å²) in [5.74, 6) is 0. The fourth-order valence-electron chi connectivity index (χ4n) is 1.39. The number of ether oxygens (including phenoxy) is 1. The van der Waals surface area contributed by atoms with Gasteiger partial charge in [0.2, 0.25) is 10.0 Å². The molecule has 0 saturated heterocycles. The lowest BCUT2D eigenvalue weighted by Gasteiger charge is -2.21. The third kappa shape index (κ3) is 3.77. The zero-order valence-electron chi connectivity index (χ0n) is 10.4. The van der Waals surface area contributed by atoms with Crippen molar-refractivity contribution < 1.29 is 13.2 Å². The van der Waals surface area contributed by atoms with Crippen LogP contribution < -0.4 is 0 Å². The van der Waals surface area contributed by atoms with Crippen LogP contribution in [0.3, 0.4) is 0 Å². The fraction of sp³-hybridized carbons (Fsp3) is 0.455. The average Bonchev–Trinajstić information content (AvgIpc) is 2.28. The molecule has 0 radical (unpaired) electrons. The summed E-state index contributed by atoms with van der Waals surface area (Å²) < 4.78 is 32.4. The monoisotopic (exact) mass is 399 g/mol. The minimum Gasteiger partial charge on any atom is -0.380 e. The Labute approximate surface area is 125 Å². The summed E-state index contributed by atoms with van der Waals surface area (Å²) in [6.45, 7) is 2.13. The molecule has 0 bridgehead atoms. The molecule has 0 N–H and O–H groups in total. The molecular weight excluding hydrogens is 386 g/mol. The molecule has 18 heavy (non-hydrogen) atoms. The SMILES string of the molecule is COC(C)CN(C)S(=O)(=O)c1ccc(Br)cc1Br. The van der Waals surface area contributed by atoms with Crippen LogP contribution in [-0.4, -0.2) is 39.5 Å². The van der Waals surface area contributed by atoms with E-state index in [1.54, 1.807) is 32.4 Å². The first-order chi connectivity index (χ1) is 8.28. The van der Waals surface area contributed by atoms with Crippen molar-refractivity contribution in [3.63, 3.8) is 0 Å². The van der Waals surface area contributed by atoms with Gasteiger partial charge in [-0.3, -0.25) is 0 Å². The van der Waals surface area contributed by atoms with Gasteiger partial charge in [-0.1, -0.05) is 15.9 Å². The molecule has 0 heterocycles. The summed E-state index contributed by atoms with van der Waals surface area (Å²) in [6, 6.07) is 4.98. The maximum absolute atomic E-state index is 12.3. The van der Waals surface area contributed by atoms with E-state index in [1.165, 1.54) is 4.31 Å². The highest BCUT2D eigenvalue weighted by molar-refractivity contribution is 9.11. The van der Waals surface area contributed by atoms with Crippen molar-refractivity contribution in [1.29, 1.82) is 0 Å². The van der Waals surface area contributed by atoms with Crippen LogP contribution in [-0.2, 0) is 14.8 Å². The Balaban J connectivity index is 3.06. The van der Waals surface area contributed by atoms with E-state index >= 15 is 0 Å². The van der Waals surface area contributed by atoms with E-state index in [0.29, 0.717) is 11.0 Å². The highest BCUT2D eigenvalue weighted by Crippen LogP contribution is 2.27. The van der Waals surface area contributed by atoms with Crippen molar-refractivity contribution in [2.45, 2.75) is 17.9 Å². The molecule has 1 unspecified atom stereocenters. The normalized spacial score (nSPS) is 13.9. The van der Waals surface area contributed by atoms with E-state index in [2.05, 4.69) is 31.9 Å². The molecule has 0 aromatic heterocycles. The molecule has 0 aliphatic rings. The van der Waals surface area contributed by atoms with Crippen molar-refractivity contribution in [3.05, 3.63) is 27.1 Å². The molecule has 1 aromatic carbocycles. The maximum atomic E-state index is 12.3. The van der Waals surface area contributed by atoms with E-state index in [0.717, 1.165) is 4.47 Å². The number of halogens is 2. The zero-order chi connectivity index (χ0) is 13.9. The van der Waals surface area contributed by atoms with Crippen LogP contribution in [0.4, 0.5) is 0 Å². The summed E-state index contributed by atoms with van der Waals surface area (Å²) in [6.07, 6.45) is -0.154. The van der Waals surface area contributed by atoms with Gasteiger partial charge in [-0.25, -0.2) is 8.42 Å². The maximum Gasteiger partial charge on any atom is 0.244 e. The summed E-state index contributed by atoms with van der Waals surface area (Å²) in [5, 5.41) is 0. The van der Waals surface area contributed by atoms with Crippen LogP contribution in [0, 0.1) is 0 Å². The molecule has 1 rings (SSSR count). The van der Waals surface area contributed by atoms with Crippen molar-refractivity contribution in [2.24, 2.45) is 0 Å². The number of hydrogen-bond donors (Lipinski definition) is 0. The van der Waals surface area contributed by atoms with E-state index < -0.39 is 10.0 Å². The second-order valence-electron chi connectivity index (χ2n) is 3.91. The molecule has 0 aliphatic carbocycles. The smallest absolute Gasteiger partial charge is 0.244 e. The Morgan fingerprint density at radius 1 is 1.39 bits per heavy atom. The summed E-state index contributed by atoms with van der Waals surface area (Å²) >= 11 is 6.56. The lowest BCUT2D eigenvalue weighted by atomic mass is 10.4. The van der Waals surface area contributed by atoms with Gasteiger partial charge in [0.1, 0.15) is 0 Å². The van der Waals surface area contributed by atoms with Crippen LogP contribution in [0.1, 0.15) is 6.92 Å². The van der Waals surface area contributed by atoms with E-state index in [-0.39, 0.29) is 11.0 Å². The minimum absolute atomic E-state index is 0.154. The Bertz CT molecular complexity index is 519. The first kappa shape index (κ1) is 16.1. The van der Waals surface area contributed by atoms with Crippen LogP contribution in [0.5, 0.6) is 0 Å². The average molecular weight is 401 g/mol. The number of methoxy groups -OCH3 is 1. The van der Waals surface area contributed by atoms with Crippen molar-refractivity contribution in [2.75, 3.05) is 20.7 Å². The third-order valence-electron chi connectivity index (χ3n) is 2.50. The second-order valence-corrected chi connectivity index (χ2v) is 7.69. The van der Waals surface area contributed by atoms with Crippen molar-refractivity contribution in [1.82, 2.24) is 4.31 Å². The van der Waals surface area contributed by atoms with Crippen LogP contribution in [0.2, 0.25) is 0 Å². The van der Waals surface area contributed by atoms with Gasteiger partial charge >= 0.3 is 0 Å². The second kappa shape index (κ2) is 6.47. The number of sulfonamides is 1. The van der Waals surface area contributed by atoms with Gasteiger partial charge in [-0.15, -0.1) is 0 Å². The first-order valence-corrected chi connectivity index (χ1v) is 8.26. The van der Waals surface area contributed by atoms with E-state index in [9.17, 15) is 8.42 Å². The predicted molar refractivity (Wildman–Crippen MR) is 78.1 cm³/mol. The standard InChI is InChI=1S/C11H15Br2NO3S/c1-8(17-3)7-14(2)18(15,16)11-5-4-9(12)6-10(11)13/h4-6,8H,7H2,1-3H3. The van der Waals surface area contributed by atoms with E-state index in [1.807, 2.05) is 6.92 Å². The molecule has 7 heteroatoms. The Morgan fingerprint density at radius 3 is 2.50 bits per heavy atom. The highest BCUT2D eigenvalue weighted by atomic mass is 79.9. The number of rotatable bonds is 5. The van der Waals surface area contributed by atoms with Crippen molar-refractivity contribution >= 4 is 41.9 Å². The van der Waals surface area contributed by atoms with Gasteiger partial charge < -0.3 is 4.74 Å². The molecule has 0 saturated carbocycles. The molecule has 0 spiro atoms. The predicted octanol–water partition coefficient (Wildman–Crippen LogP) is 2.87. The van der Waals surface area contributed by atoms with Gasteiger partial charge in [0, 0.05) is 29.6 Å². The van der Waals surface area contributed by atoms with Crippen LogP contribution >= 0.6 is 31.9 Å². The molecule has 1 aromatic rings. The van der Waals surface area contributed by atoms with Gasteiger partial charge in [0.05, 0.1) is 11.0 Å². The first-order valence-electron chi connectivity index (χ1n) is 5.23. The summed E-state index contributed by atoms with van der Waals surface area (Å²) in [7, 11) is -0.409. The lowest BCUT2D eigenvalue weighted by Crippen LogP contribution is -2.34. The van der Waals surface area contributed by atoms with E-state index in [4.69, 9.17) is 4.74 Å². The van der Waals surface area contributed by atoms with Gasteiger partial charge in [0.15, 0.2) is 0 Å². The molecule has 0 amide bonds. The summed E-state index contributed by atoms with van der Waals surface area (Å²) in [5.41, 5.74) is 0. The number of hydrogen-bond acceptors (Lipinski definition) is 3. The largest absolute Gasteiger partial charge is 0.380 e. The van der Waals surface area contributed by atoms with Gasteiger partial charge in [0.25, 0.3) is 0 Å². The van der Waals surface area contributed by atoms with Crippen molar-refractivity contribution in [3.8, 4) is 0 Å². The summed E-state index contributed by atoms with van der Waals surface area (Å²) in [4.78, 5) is 0.247. The fourth-order valence-corrected chi connectivity index (χ4v) is 4.34. The molecule has 0 aliphatic heterocycles. The minimum atomic E-state index is -3.51. The van der Waals surface area contributed by atoms with Crippen LogP contribution in [0.25, 0.3) is 0 Å². The van der Waals surface area contributed by atoms with Gasteiger partial charge in [-0.05, 0) is 41.1 Å². The zero-order valence-corrected chi connectivity index (χ0v) is 14.3. The Morgan fingerprint density at radius 2 is 2.00 bits per heavy atom. The van der Waals surface area contributed by atoms with Crippen LogP contribution in [0.15, 0.2) is 32.0 Å².